The van der Waals surface area contributed by atoms with Gasteiger partial charge in [-0.05, 0) is 42.0 Å². The molecule has 0 aliphatic carbocycles. The molecule has 140 valence electrons. The predicted octanol–water partition coefficient (Wildman–Crippen LogP) is 5.69. The fourth-order valence-corrected chi connectivity index (χ4v) is 3.12. The van der Waals surface area contributed by atoms with Gasteiger partial charge in [-0.3, -0.25) is 4.79 Å². The highest BCUT2D eigenvalue weighted by Gasteiger charge is 2.13. The largest absolute Gasteiger partial charge is 0.355 e. The Morgan fingerprint density at radius 2 is 1.90 bits per heavy atom. The fourth-order valence-electron chi connectivity index (χ4n) is 2.93. The summed E-state index contributed by atoms with van der Waals surface area (Å²) in [5, 5.41) is 17.5. The Hall–Kier alpha value is -3.88. The van der Waals surface area contributed by atoms with Crippen molar-refractivity contribution in [2.75, 3.05) is 5.32 Å². The van der Waals surface area contributed by atoms with Gasteiger partial charge < -0.3 is 9.84 Å². The predicted molar refractivity (Wildman–Crippen MR) is 113 cm³/mol. The molecule has 0 saturated carbocycles. The molecule has 0 unspecified atom stereocenters. The minimum absolute atomic E-state index is 0.0259. The summed E-state index contributed by atoms with van der Waals surface area (Å²) in [4.78, 5) is 12.5. The zero-order valence-corrected chi connectivity index (χ0v) is 15.9. The van der Waals surface area contributed by atoms with Gasteiger partial charge in [0.15, 0.2) is 5.76 Å². The van der Waals surface area contributed by atoms with Crippen LogP contribution in [-0.4, -0.2) is 11.1 Å². The van der Waals surface area contributed by atoms with Crippen molar-refractivity contribution in [2.24, 2.45) is 0 Å². The monoisotopic (exact) mass is 399 g/mol. The molecule has 1 heterocycles. The molecule has 0 atom stereocenters. The number of aromatic nitrogens is 1. The van der Waals surface area contributed by atoms with Gasteiger partial charge in [-0.1, -0.05) is 59.2 Å². The van der Waals surface area contributed by atoms with Crippen LogP contribution in [0.15, 0.2) is 82.9 Å². The second kappa shape index (κ2) is 8.01. The minimum atomic E-state index is -0.511. The van der Waals surface area contributed by atoms with E-state index in [1.807, 2.05) is 42.5 Å². The molecule has 0 fully saturated rings. The zero-order valence-electron chi connectivity index (χ0n) is 15.1. The molecule has 3 aromatic carbocycles. The molecule has 4 rings (SSSR count). The van der Waals surface area contributed by atoms with Gasteiger partial charge in [0, 0.05) is 16.3 Å². The first kappa shape index (κ1) is 18.5. The smallest absolute Gasteiger partial charge is 0.266 e. The molecule has 0 saturated heterocycles. The lowest BCUT2D eigenvalue weighted by molar-refractivity contribution is -0.112. The Balaban J connectivity index is 1.67. The lowest BCUT2D eigenvalue weighted by atomic mass is 10.0. The third kappa shape index (κ3) is 4.03. The molecule has 1 N–H and O–H groups in total. The fraction of sp³-hybridized carbons (Fsp3) is 0. The van der Waals surface area contributed by atoms with Gasteiger partial charge in [-0.2, -0.15) is 5.26 Å². The van der Waals surface area contributed by atoms with Crippen LogP contribution < -0.4 is 5.32 Å². The number of nitrogens with one attached hydrogen (secondary N) is 1. The van der Waals surface area contributed by atoms with Crippen molar-refractivity contribution in [1.29, 1.82) is 5.26 Å². The van der Waals surface area contributed by atoms with Crippen LogP contribution in [0.3, 0.4) is 0 Å². The van der Waals surface area contributed by atoms with Crippen LogP contribution in [0.4, 0.5) is 5.69 Å². The van der Waals surface area contributed by atoms with E-state index in [9.17, 15) is 10.1 Å². The number of fused-ring (bicyclic) bond motifs is 1. The van der Waals surface area contributed by atoms with Crippen molar-refractivity contribution in [2.45, 2.75) is 0 Å². The van der Waals surface area contributed by atoms with E-state index in [2.05, 4.69) is 10.5 Å². The van der Waals surface area contributed by atoms with Crippen molar-refractivity contribution in [3.63, 3.8) is 0 Å². The average molecular weight is 400 g/mol. The maximum atomic E-state index is 12.5. The van der Waals surface area contributed by atoms with E-state index in [0.29, 0.717) is 27.6 Å². The molecule has 29 heavy (non-hydrogen) atoms. The number of nitriles is 1. The minimum Gasteiger partial charge on any atom is -0.355 e. The molecule has 0 aliphatic heterocycles. The summed E-state index contributed by atoms with van der Waals surface area (Å²) in [6.07, 6.45) is 1.53. The van der Waals surface area contributed by atoms with Gasteiger partial charge in [0.1, 0.15) is 17.2 Å². The number of hydrogen-bond acceptors (Lipinski definition) is 4. The maximum Gasteiger partial charge on any atom is 0.266 e. The Kier molecular flexibility index (Phi) is 5.10. The molecule has 1 aromatic heterocycles. The lowest BCUT2D eigenvalue weighted by Crippen LogP contribution is -2.13. The number of amides is 1. The van der Waals surface area contributed by atoms with E-state index in [4.69, 9.17) is 16.1 Å². The molecular weight excluding hydrogens is 386 g/mol. The summed E-state index contributed by atoms with van der Waals surface area (Å²) in [6, 6.07) is 23.7. The number of benzene rings is 3. The Bertz CT molecular complexity index is 1270. The average Bonchev–Trinajstić information content (AvgIpc) is 3.16. The highest BCUT2D eigenvalue weighted by Crippen LogP contribution is 2.29. The molecule has 4 aromatic rings. The molecular formula is C23H14ClN3O2. The van der Waals surface area contributed by atoms with Gasteiger partial charge in [0.25, 0.3) is 5.91 Å². The third-order valence-corrected chi connectivity index (χ3v) is 4.53. The number of carbonyl (C=O) groups excluding carboxylic acids is 1. The Morgan fingerprint density at radius 3 is 2.66 bits per heavy atom. The van der Waals surface area contributed by atoms with Crippen LogP contribution in [0.1, 0.15) is 5.56 Å². The second-order valence-corrected chi connectivity index (χ2v) is 6.73. The van der Waals surface area contributed by atoms with E-state index >= 15 is 0 Å². The highest BCUT2D eigenvalue weighted by molar-refractivity contribution is 6.31. The van der Waals surface area contributed by atoms with Gasteiger partial charge in [0.05, 0.1) is 5.39 Å². The second-order valence-electron chi connectivity index (χ2n) is 6.29. The molecule has 0 aliphatic rings. The number of anilines is 1. The van der Waals surface area contributed by atoms with Crippen LogP contribution in [0.2, 0.25) is 5.02 Å². The molecule has 1 amide bonds. The maximum absolute atomic E-state index is 12.5. The summed E-state index contributed by atoms with van der Waals surface area (Å²) in [5.74, 6) is 0.126. The zero-order chi connectivity index (χ0) is 20.2. The topological polar surface area (TPSA) is 78.9 Å². The summed E-state index contributed by atoms with van der Waals surface area (Å²) >= 11 is 5.94. The summed E-state index contributed by atoms with van der Waals surface area (Å²) in [5.41, 5.74) is 2.78. The molecule has 6 heteroatoms. The van der Waals surface area contributed by atoms with E-state index in [-0.39, 0.29) is 5.57 Å². The quantitative estimate of drug-likeness (QED) is 0.353. The van der Waals surface area contributed by atoms with Crippen molar-refractivity contribution in [1.82, 2.24) is 5.16 Å². The number of halogens is 1. The number of hydrogen-bond donors (Lipinski definition) is 1. The SMILES string of the molecule is N#CC(=Cc1ccc2noc(-c3ccccc3)c2c1)C(=O)Nc1cccc(Cl)c1. The summed E-state index contributed by atoms with van der Waals surface area (Å²) in [7, 11) is 0. The third-order valence-electron chi connectivity index (χ3n) is 4.30. The lowest BCUT2D eigenvalue weighted by Gasteiger charge is -2.04. The van der Waals surface area contributed by atoms with Gasteiger partial charge in [0.2, 0.25) is 0 Å². The van der Waals surface area contributed by atoms with E-state index in [1.54, 1.807) is 36.4 Å². The number of carbonyl (C=O) groups is 1. The number of rotatable bonds is 4. The first-order valence-electron chi connectivity index (χ1n) is 8.77. The van der Waals surface area contributed by atoms with Gasteiger partial charge in [-0.15, -0.1) is 0 Å². The highest BCUT2D eigenvalue weighted by atomic mass is 35.5. The van der Waals surface area contributed by atoms with E-state index in [0.717, 1.165) is 10.9 Å². The van der Waals surface area contributed by atoms with Crippen LogP contribution in [0.25, 0.3) is 28.3 Å². The van der Waals surface area contributed by atoms with Crippen molar-refractivity contribution in [3.05, 3.63) is 89.0 Å². The molecule has 0 radical (unpaired) electrons. The molecule has 0 spiro atoms. The Morgan fingerprint density at radius 1 is 1.07 bits per heavy atom. The first-order chi connectivity index (χ1) is 14.1. The summed E-state index contributed by atoms with van der Waals surface area (Å²) in [6.45, 7) is 0. The summed E-state index contributed by atoms with van der Waals surface area (Å²) < 4.78 is 5.50. The first-order valence-corrected chi connectivity index (χ1v) is 9.15. The molecule has 5 nitrogen and oxygen atoms in total. The van der Waals surface area contributed by atoms with Gasteiger partial charge in [-0.25, -0.2) is 0 Å². The van der Waals surface area contributed by atoms with E-state index < -0.39 is 5.91 Å². The van der Waals surface area contributed by atoms with Crippen LogP contribution in [0.5, 0.6) is 0 Å². The van der Waals surface area contributed by atoms with E-state index in [1.165, 1.54) is 6.08 Å². The van der Waals surface area contributed by atoms with Crippen molar-refractivity contribution < 1.29 is 9.32 Å². The van der Waals surface area contributed by atoms with Crippen molar-refractivity contribution >= 4 is 40.2 Å². The normalized spacial score (nSPS) is 11.2. The van der Waals surface area contributed by atoms with Crippen LogP contribution in [-0.2, 0) is 4.79 Å². The van der Waals surface area contributed by atoms with Crippen molar-refractivity contribution in [3.8, 4) is 17.4 Å². The number of nitrogens with zero attached hydrogens (tertiary/aromatic N) is 2. The Labute approximate surface area is 171 Å². The van der Waals surface area contributed by atoms with Crippen LogP contribution in [0, 0.1) is 11.3 Å². The standard InChI is InChI=1S/C23H14ClN3O2/c24-18-7-4-8-19(13-18)26-23(28)17(14-25)11-15-9-10-21-20(12-15)22(29-27-21)16-5-2-1-3-6-16/h1-13H,(H,26,28). The van der Waals surface area contributed by atoms with Gasteiger partial charge >= 0.3 is 0 Å². The molecule has 0 bridgehead atoms. The van der Waals surface area contributed by atoms with Crippen LogP contribution >= 0.6 is 11.6 Å².